The van der Waals surface area contributed by atoms with E-state index in [-0.39, 0.29) is 31.7 Å². The van der Waals surface area contributed by atoms with Crippen LogP contribution in [-0.2, 0) is 0 Å². The van der Waals surface area contributed by atoms with Gasteiger partial charge in [0, 0.05) is 21.3 Å². The number of carboxylic acids is 1. The Morgan fingerprint density at radius 3 is 2.26 bits per heavy atom. The SMILES string of the molecule is O=C(Nc1ccc(Oc2ccccc2)c(Cl)c1)c1ccc(C(=O)O)c(NC(=O)c2sc3ccccc3c2Cl)c1. The molecule has 194 valence electrons. The number of amides is 2. The predicted molar refractivity (Wildman–Crippen MR) is 154 cm³/mol. The lowest BCUT2D eigenvalue weighted by atomic mass is 10.1. The van der Waals surface area contributed by atoms with E-state index in [9.17, 15) is 19.5 Å². The fraction of sp³-hybridized carbons (Fsp3) is 0. The summed E-state index contributed by atoms with van der Waals surface area (Å²) in [4.78, 5) is 38.1. The van der Waals surface area contributed by atoms with E-state index >= 15 is 0 Å². The zero-order valence-electron chi connectivity index (χ0n) is 19.9. The Balaban J connectivity index is 1.36. The van der Waals surface area contributed by atoms with Gasteiger partial charge in [-0.15, -0.1) is 11.3 Å². The third kappa shape index (κ3) is 5.73. The van der Waals surface area contributed by atoms with Gasteiger partial charge in [0.15, 0.2) is 0 Å². The fourth-order valence-electron chi connectivity index (χ4n) is 3.79. The Hall–Kier alpha value is -4.37. The second-order valence-electron chi connectivity index (χ2n) is 8.28. The highest BCUT2D eigenvalue weighted by Gasteiger charge is 2.21. The molecule has 0 aliphatic heterocycles. The van der Waals surface area contributed by atoms with E-state index in [0.29, 0.717) is 17.2 Å². The van der Waals surface area contributed by atoms with E-state index in [0.717, 1.165) is 10.1 Å². The second-order valence-corrected chi connectivity index (χ2v) is 10.1. The van der Waals surface area contributed by atoms with Crippen molar-refractivity contribution in [2.75, 3.05) is 10.6 Å². The molecular formula is C29H18Cl2N2O5S. The number of carbonyl (C=O) groups excluding carboxylic acids is 2. The van der Waals surface area contributed by atoms with Crippen molar-refractivity contribution >= 4 is 73.8 Å². The summed E-state index contributed by atoms with van der Waals surface area (Å²) in [5.74, 6) is -1.35. The lowest BCUT2D eigenvalue weighted by Gasteiger charge is -2.12. The number of halogens is 2. The third-order valence-electron chi connectivity index (χ3n) is 5.66. The summed E-state index contributed by atoms with van der Waals surface area (Å²) in [6, 6.07) is 25.1. The summed E-state index contributed by atoms with van der Waals surface area (Å²) in [5, 5.41) is 16.2. The molecule has 0 fully saturated rings. The van der Waals surface area contributed by atoms with E-state index in [1.807, 2.05) is 36.4 Å². The Bertz CT molecular complexity index is 1740. The molecule has 7 nitrogen and oxygen atoms in total. The highest BCUT2D eigenvalue weighted by molar-refractivity contribution is 7.21. The molecule has 5 rings (SSSR count). The summed E-state index contributed by atoms with van der Waals surface area (Å²) in [6.45, 7) is 0. The van der Waals surface area contributed by atoms with Crippen LogP contribution in [0, 0.1) is 0 Å². The van der Waals surface area contributed by atoms with E-state index in [1.165, 1.54) is 35.6 Å². The first kappa shape index (κ1) is 26.2. The summed E-state index contributed by atoms with van der Waals surface area (Å²) in [7, 11) is 0. The van der Waals surface area contributed by atoms with Gasteiger partial charge in [0.2, 0.25) is 0 Å². The highest BCUT2D eigenvalue weighted by Crippen LogP contribution is 2.36. The third-order valence-corrected chi connectivity index (χ3v) is 7.63. The number of aromatic carboxylic acids is 1. The predicted octanol–water partition coefficient (Wildman–Crippen LogP) is 8.20. The monoisotopic (exact) mass is 576 g/mol. The fourth-order valence-corrected chi connectivity index (χ4v) is 5.43. The van der Waals surface area contributed by atoms with Crippen molar-refractivity contribution in [3.63, 3.8) is 0 Å². The maximum atomic E-state index is 13.0. The molecule has 0 atom stereocenters. The van der Waals surface area contributed by atoms with Crippen LogP contribution in [0.15, 0.2) is 91.0 Å². The number of rotatable bonds is 7. The number of thiophene rings is 1. The first-order chi connectivity index (χ1) is 18.8. The second kappa shape index (κ2) is 11.2. The minimum absolute atomic E-state index is 0.0432. The number of hydrogen-bond acceptors (Lipinski definition) is 5. The number of para-hydroxylation sites is 1. The number of fused-ring (bicyclic) bond motifs is 1. The molecule has 4 aromatic carbocycles. The lowest BCUT2D eigenvalue weighted by Crippen LogP contribution is -2.17. The molecule has 0 bridgehead atoms. The van der Waals surface area contributed by atoms with Crippen LogP contribution < -0.4 is 15.4 Å². The molecular weight excluding hydrogens is 559 g/mol. The van der Waals surface area contributed by atoms with Crippen LogP contribution in [0.3, 0.4) is 0 Å². The van der Waals surface area contributed by atoms with Crippen molar-refractivity contribution in [1.82, 2.24) is 0 Å². The first-order valence-corrected chi connectivity index (χ1v) is 13.1. The largest absolute Gasteiger partial charge is 0.478 e. The van der Waals surface area contributed by atoms with E-state index < -0.39 is 17.8 Å². The molecule has 0 saturated carbocycles. The Morgan fingerprint density at radius 2 is 1.54 bits per heavy atom. The molecule has 3 N–H and O–H groups in total. The van der Waals surface area contributed by atoms with Gasteiger partial charge in [0.25, 0.3) is 11.8 Å². The lowest BCUT2D eigenvalue weighted by molar-refractivity contribution is 0.0697. The molecule has 0 aliphatic rings. The Kier molecular flexibility index (Phi) is 7.51. The van der Waals surface area contributed by atoms with Crippen molar-refractivity contribution in [2.45, 2.75) is 0 Å². The van der Waals surface area contributed by atoms with Crippen LogP contribution in [0.5, 0.6) is 11.5 Å². The van der Waals surface area contributed by atoms with Gasteiger partial charge in [0.05, 0.1) is 21.3 Å². The number of hydrogen-bond donors (Lipinski definition) is 3. The van der Waals surface area contributed by atoms with Crippen LogP contribution >= 0.6 is 34.5 Å². The molecule has 5 aromatic rings. The van der Waals surface area contributed by atoms with Crippen LogP contribution in [-0.4, -0.2) is 22.9 Å². The number of nitrogens with one attached hydrogen (secondary N) is 2. The summed E-state index contributed by atoms with van der Waals surface area (Å²) >= 11 is 13.9. The summed E-state index contributed by atoms with van der Waals surface area (Å²) in [5.41, 5.74) is 0.301. The van der Waals surface area contributed by atoms with Crippen LogP contribution in [0.1, 0.15) is 30.4 Å². The summed E-state index contributed by atoms with van der Waals surface area (Å²) < 4.78 is 6.57. The quantitative estimate of drug-likeness (QED) is 0.181. The topological polar surface area (TPSA) is 105 Å². The highest BCUT2D eigenvalue weighted by atomic mass is 35.5. The van der Waals surface area contributed by atoms with Crippen LogP contribution in [0.25, 0.3) is 10.1 Å². The van der Waals surface area contributed by atoms with Gasteiger partial charge < -0.3 is 20.5 Å². The van der Waals surface area contributed by atoms with Gasteiger partial charge in [-0.1, -0.05) is 59.6 Å². The average molecular weight is 577 g/mol. The zero-order chi connectivity index (χ0) is 27.5. The molecule has 10 heteroatoms. The van der Waals surface area contributed by atoms with Gasteiger partial charge in [-0.2, -0.15) is 0 Å². The smallest absolute Gasteiger partial charge is 0.337 e. The Labute approximate surface area is 236 Å². The molecule has 1 aromatic heterocycles. The molecule has 1 heterocycles. The van der Waals surface area contributed by atoms with Gasteiger partial charge in [0.1, 0.15) is 16.4 Å². The van der Waals surface area contributed by atoms with Crippen molar-refractivity contribution in [3.05, 3.63) is 117 Å². The molecule has 0 saturated heterocycles. The van der Waals surface area contributed by atoms with E-state index in [1.54, 1.807) is 30.3 Å². The number of carbonyl (C=O) groups is 3. The molecule has 0 spiro atoms. The molecule has 2 amide bonds. The van der Waals surface area contributed by atoms with Gasteiger partial charge in [-0.3, -0.25) is 9.59 Å². The summed E-state index contributed by atoms with van der Waals surface area (Å²) in [6.07, 6.45) is 0. The van der Waals surface area contributed by atoms with Gasteiger partial charge in [-0.05, 0) is 54.6 Å². The minimum Gasteiger partial charge on any atom is -0.478 e. The molecule has 0 unspecified atom stereocenters. The normalized spacial score (nSPS) is 10.7. The van der Waals surface area contributed by atoms with Gasteiger partial charge >= 0.3 is 5.97 Å². The Morgan fingerprint density at radius 1 is 0.795 bits per heavy atom. The molecule has 0 aliphatic carbocycles. The van der Waals surface area contributed by atoms with E-state index in [4.69, 9.17) is 27.9 Å². The number of benzene rings is 4. The maximum Gasteiger partial charge on any atom is 0.337 e. The molecule has 39 heavy (non-hydrogen) atoms. The van der Waals surface area contributed by atoms with Gasteiger partial charge in [-0.25, -0.2) is 4.79 Å². The van der Waals surface area contributed by atoms with Crippen LogP contribution in [0.4, 0.5) is 11.4 Å². The van der Waals surface area contributed by atoms with Crippen molar-refractivity contribution in [3.8, 4) is 11.5 Å². The average Bonchev–Trinajstić information content (AvgIpc) is 3.27. The molecule has 0 radical (unpaired) electrons. The van der Waals surface area contributed by atoms with E-state index in [2.05, 4.69) is 10.6 Å². The first-order valence-electron chi connectivity index (χ1n) is 11.5. The number of anilines is 2. The maximum absolute atomic E-state index is 13.0. The van der Waals surface area contributed by atoms with Crippen molar-refractivity contribution < 1.29 is 24.2 Å². The van der Waals surface area contributed by atoms with Crippen LogP contribution in [0.2, 0.25) is 10.0 Å². The minimum atomic E-state index is -1.26. The zero-order valence-corrected chi connectivity index (χ0v) is 22.2. The number of ether oxygens (including phenoxy) is 1. The standard InChI is InChI=1S/C29H18Cl2N2O5S/c30-21-15-17(11-13-23(21)38-18-6-2-1-3-7-18)32-27(34)16-10-12-19(29(36)37)22(14-16)33-28(35)26-25(31)20-8-4-5-9-24(20)39-26/h1-15H,(H,32,34)(H,33,35)(H,36,37). The number of carboxylic acid groups (broad SMARTS) is 1. The van der Waals surface area contributed by atoms with Crippen molar-refractivity contribution in [2.24, 2.45) is 0 Å². The van der Waals surface area contributed by atoms with Crippen molar-refractivity contribution in [1.29, 1.82) is 0 Å².